The monoisotopic (exact) mass is 297 g/mol. The van der Waals surface area contributed by atoms with Crippen LogP contribution in [0.4, 0.5) is 11.4 Å². The van der Waals surface area contributed by atoms with Gasteiger partial charge in [-0.1, -0.05) is 23.7 Å². The maximum atomic E-state index is 6.06. The third-order valence-electron chi connectivity index (χ3n) is 3.57. The number of nitrogens with zero attached hydrogens (tertiary/aromatic N) is 1. The van der Waals surface area contributed by atoms with Crippen LogP contribution in [0.1, 0.15) is 18.5 Å². The molecule has 0 saturated carbocycles. The van der Waals surface area contributed by atoms with Crippen molar-refractivity contribution in [2.45, 2.75) is 13.0 Å². The van der Waals surface area contributed by atoms with Gasteiger partial charge in [-0.3, -0.25) is 4.98 Å². The normalized spacial score (nSPS) is 12.3. The van der Waals surface area contributed by atoms with Gasteiger partial charge in [0.05, 0.1) is 0 Å². The lowest BCUT2D eigenvalue weighted by Gasteiger charge is -2.18. The van der Waals surface area contributed by atoms with E-state index in [2.05, 4.69) is 23.3 Å². The summed E-state index contributed by atoms with van der Waals surface area (Å²) in [6.07, 6.45) is 3.57. The van der Waals surface area contributed by atoms with Gasteiger partial charge >= 0.3 is 0 Å². The van der Waals surface area contributed by atoms with Gasteiger partial charge in [0.25, 0.3) is 0 Å². The summed E-state index contributed by atoms with van der Waals surface area (Å²) in [7, 11) is 0. The molecule has 0 saturated heterocycles. The molecule has 21 heavy (non-hydrogen) atoms. The van der Waals surface area contributed by atoms with Crippen LogP contribution in [0, 0.1) is 0 Å². The Morgan fingerprint density at radius 2 is 2.00 bits per heavy atom. The third kappa shape index (κ3) is 2.78. The summed E-state index contributed by atoms with van der Waals surface area (Å²) < 4.78 is 0. The predicted octanol–water partition coefficient (Wildman–Crippen LogP) is 4.64. The zero-order valence-corrected chi connectivity index (χ0v) is 12.4. The lowest BCUT2D eigenvalue weighted by atomic mass is 10.1. The minimum atomic E-state index is 0.142. The molecule has 1 heterocycles. The summed E-state index contributed by atoms with van der Waals surface area (Å²) in [4.78, 5) is 4.14. The molecule has 4 heteroatoms. The fraction of sp³-hybridized carbons (Fsp3) is 0.118. The van der Waals surface area contributed by atoms with Gasteiger partial charge in [-0.15, -0.1) is 0 Å². The molecule has 0 aliphatic carbocycles. The number of hydrogen-bond donors (Lipinski definition) is 2. The number of nitrogens with one attached hydrogen (secondary N) is 1. The van der Waals surface area contributed by atoms with Crippen LogP contribution >= 0.6 is 11.6 Å². The summed E-state index contributed by atoms with van der Waals surface area (Å²) in [5.41, 5.74) is 8.91. The highest BCUT2D eigenvalue weighted by Gasteiger charge is 2.09. The quantitative estimate of drug-likeness (QED) is 0.692. The van der Waals surface area contributed by atoms with Gasteiger partial charge in [0, 0.05) is 45.6 Å². The van der Waals surface area contributed by atoms with E-state index >= 15 is 0 Å². The minimum absolute atomic E-state index is 0.142. The van der Waals surface area contributed by atoms with E-state index in [4.69, 9.17) is 17.3 Å². The Labute approximate surface area is 128 Å². The van der Waals surface area contributed by atoms with Crippen LogP contribution < -0.4 is 11.1 Å². The molecule has 0 fully saturated rings. The van der Waals surface area contributed by atoms with E-state index in [0.717, 1.165) is 32.7 Å². The highest BCUT2D eigenvalue weighted by Crippen LogP contribution is 2.30. The number of benzene rings is 2. The molecule has 1 aromatic heterocycles. The highest BCUT2D eigenvalue weighted by atomic mass is 35.5. The topological polar surface area (TPSA) is 50.9 Å². The Morgan fingerprint density at radius 1 is 1.14 bits per heavy atom. The molecule has 0 aliphatic rings. The molecule has 3 N–H and O–H groups in total. The molecule has 106 valence electrons. The molecule has 1 unspecified atom stereocenters. The maximum Gasteiger partial charge on any atom is 0.0486 e. The van der Waals surface area contributed by atoms with Gasteiger partial charge in [-0.2, -0.15) is 0 Å². The second kappa shape index (κ2) is 5.62. The van der Waals surface area contributed by atoms with E-state index in [1.807, 2.05) is 36.4 Å². The summed E-state index contributed by atoms with van der Waals surface area (Å²) in [5, 5.41) is 6.28. The summed E-state index contributed by atoms with van der Waals surface area (Å²) in [6.45, 7) is 2.11. The number of nitrogen functional groups attached to an aromatic ring is 1. The first-order valence-corrected chi connectivity index (χ1v) is 7.17. The Morgan fingerprint density at radius 3 is 2.81 bits per heavy atom. The molecule has 1 atom stereocenters. The number of pyridine rings is 1. The standard InChI is InChI=1S/C17H16ClN3/c1-11(12-3-2-4-13(18)9-12)21-17-6-5-16(19)15-10-20-8-7-14(15)17/h2-11,21H,19H2,1H3. The van der Waals surface area contributed by atoms with E-state index in [0.29, 0.717) is 0 Å². The predicted molar refractivity (Wildman–Crippen MR) is 89.6 cm³/mol. The fourth-order valence-electron chi connectivity index (χ4n) is 2.43. The van der Waals surface area contributed by atoms with Gasteiger partial charge < -0.3 is 11.1 Å². The van der Waals surface area contributed by atoms with Crippen molar-refractivity contribution in [2.75, 3.05) is 11.1 Å². The van der Waals surface area contributed by atoms with Gasteiger partial charge in [0.1, 0.15) is 0 Å². The summed E-state index contributed by atoms with van der Waals surface area (Å²) >= 11 is 6.06. The molecule has 0 aliphatic heterocycles. The Hall–Kier alpha value is -2.26. The van der Waals surface area contributed by atoms with Crippen molar-refractivity contribution in [1.82, 2.24) is 4.98 Å². The molecule has 0 spiro atoms. The first-order valence-electron chi connectivity index (χ1n) is 6.79. The Balaban J connectivity index is 1.97. The molecule has 2 aromatic carbocycles. The number of rotatable bonds is 3. The number of anilines is 2. The molecule has 3 nitrogen and oxygen atoms in total. The van der Waals surface area contributed by atoms with Crippen LogP contribution in [0.3, 0.4) is 0 Å². The van der Waals surface area contributed by atoms with Crippen LogP contribution in [-0.4, -0.2) is 4.98 Å². The van der Waals surface area contributed by atoms with E-state index in [-0.39, 0.29) is 6.04 Å². The molecule has 3 aromatic rings. The Bertz CT molecular complexity index is 786. The van der Waals surface area contributed by atoms with Crippen molar-refractivity contribution < 1.29 is 0 Å². The minimum Gasteiger partial charge on any atom is -0.398 e. The second-order valence-electron chi connectivity index (χ2n) is 5.04. The zero-order valence-electron chi connectivity index (χ0n) is 11.7. The van der Waals surface area contributed by atoms with Gasteiger partial charge in [0.15, 0.2) is 0 Å². The number of aromatic nitrogens is 1. The van der Waals surface area contributed by atoms with Crippen LogP contribution in [-0.2, 0) is 0 Å². The van der Waals surface area contributed by atoms with Gasteiger partial charge in [0.2, 0.25) is 0 Å². The first kappa shape index (κ1) is 13.7. The molecule has 3 rings (SSSR count). The van der Waals surface area contributed by atoms with E-state index in [1.54, 1.807) is 12.4 Å². The van der Waals surface area contributed by atoms with Crippen LogP contribution in [0.2, 0.25) is 5.02 Å². The third-order valence-corrected chi connectivity index (χ3v) is 3.81. The second-order valence-corrected chi connectivity index (χ2v) is 5.48. The van der Waals surface area contributed by atoms with Crippen molar-refractivity contribution in [3.8, 4) is 0 Å². The van der Waals surface area contributed by atoms with E-state index < -0.39 is 0 Å². The maximum absolute atomic E-state index is 6.06. The molecule has 0 amide bonds. The SMILES string of the molecule is CC(Nc1ccc(N)c2cnccc12)c1cccc(Cl)c1. The van der Waals surface area contributed by atoms with E-state index in [1.165, 1.54) is 0 Å². The summed E-state index contributed by atoms with van der Waals surface area (Å²) in [6, 6.07) is 13.9. The molecular formula is C17H16ClN3. The van der Waals surface area contributed by atoms with Gasteiger partial charge in [-0.25, -0.2) is 0 Å². The fourth-order valence-corrected chi connectivity index (χ4v) is 2.63. The lowest BCUT2D eigenvalue weighted by molar-refractivity contribution is 0.887. The number of halogens is 1. The largest absolute Gasteiger partial charge is 0.398 e. The van der Waals surface area contributed by atoms with E-state index in [9.17, 15) is 0 Å². The number of fused-ring (bicyclic) bond motifs is 1. The number of nitrogens with two attached hydrogens (primary N) is 1. The Kier molecular flexibility index (Phi) is 3.67. The van der Waals surface area contributed by atoms with Crippen molar-refractivity contribution in [3.63, 3.8) is 0 Å². The molecule has 0 radical (unpaired) electrons. The van der Waals surface area contributed by atoms with Crippen LogP contribution in [0.5, 0.6) is 0 Å². The first-order chi connectivity index (χ1) is 10.1. The molecular weight excluding hydrogens is 282 g/mol. The van der Waals surface area contributed by atoms with Crippen molar-refractivity contribution >= 4 is 33.7 Å². The van der Waals surface area contributed by atoms with Gasteiger partial charge in [-0.05, 0) is 42.8 Å². The van der Waals surface area contributed by atoms with Crippen LogP contribution in [0.25, 0.3) is 10.8 Å². The van der Waals surface area contributed by atoms with Crippen molar-refractivity contribution in [2.24, 2.45) is 0 Å². The van der Waals surface area contributed by atoms with Crippen LogP contribution in [0.15, 0.2) is 54.9 Å². The smallest absolute Gasteiger partial charge is 0.0486 e. The average Bonchev–Trinajstić information content (AvgIpc) is 2.50. The molecule has 0 bridgehead atoms. The van der Waals surface area contributed by atoms with Crippen molar-refractivity contribution in [3.05, 3.63) is 65.4 Å². The van der Waals surface area contributed by atoms with Crippen molar-refractivity contribution in [1.29, 1.82) is 0 Å². The summed E-state index contributed by atoms with van der Waals surface area (Å²) in [5.74, 6) is 0. The average molecular weight is 298 g/mol. The zero-order chi connectivity index (χ0) is 14.8. The highest BCUT2D eigenvalue weighted by molar-refractivity contribution is 6.30. The lowest BCUT2D eigenvalue weighted by Crippen LogP contribution is -2.07. The number of hydrogen-bond acceptors (Lipinski definition) is 3.